The molecule has 4 aromatic rings. The van der Waals surface area contributed by atoms with Gasteiger partial charge in [-0.25, -0.2) is 0 Å². The molecule has 1 amide bonds. The molecular weight excluding hydrogens is 452 g/mol. The standard InChI is InChI=1S/C29H30N4OS/c1-20(21-9-3-2-4-10-21)31-29(34)25-12-5-6-13-28(25)35-23-15-16-24-26(32-33-27(24)19-23)17-14-22-11-7-8-18-30-22/h5-8,11-21H,2-4,9-10H2,1H3,(H,31,34)(H,32,33)/b17-14+/t20-/m1/s1. The van der Waals surface area contributed by atoms with Crippen LogP contribution in [0.5, 0.6) is 0 Å². The van der Waals surface area contributed by atoms with Crippen LogP contribution in [0.15, 0.2) is 76.7 Å². The van der Waals surface area contributed by atoms with Gasteiger partial charge in [0.05, 0.1) is 22.5 Å². The number of hydrogen-bond acceptors (Lipinski definition) is 4. The molecule has 2 aromatic heterocycles. The second-order valence-corrected chi connectivity index (χ2v) is 10.3. The Labute approximate surface area is 210 Å². The molecule has 1 fully saturated rings. The molecule has 5 nitrogen and oxygen atoms in total. The molecule has 2 heterocycles. The van der Waals surface area contributed by atoms with Crippen molar-refractivity contribution in [1.29, 1.82) is 0 Å². The van der Waals surface area contributed by atoms with Gasteiger partial charge < -0.3 is 5.32 Å². The maximum Gasteiger partial charge on any atom is 0.252 e. The number of hydrogen-bond donors (Lipinski definition) is 2. The van der Waals surface area contributed by atoms with Crippen molar-refractivity contribution in [3.05, 3.63) is 83.8 Å². The molecular formula is C29H30N4OS. The van der Waals surface area contributed by atoms with Crippen LogP contribution in [0.3, 0.4) is 0 Å². The first-order valence-electron chi connectivity index (χ1n) is 12.3. The van der Waals surface area contributed by atoms with E-state index >= 15 is 0 Å². The summed E-state index contributed by atoms with van der Waals surface area (Å²) < 4.78 is 0. The van der Waals surface area contributed by atoms with Crippen molar-refractivity contribution in [3.8, 4) is 0 Å². The summed E-state index contributed by atoms with van der Waals surface area (Å²) in [5.41, 5.74) is 3.45. The second kappa shape index (κ2) is 10.9. The largest absolute Gasteiger partial charge is 0.349 e. The molecule has 0 radical (unpaired) electrons. The van der Waals surface area contributed by atoms with Crippen LogP contribution < -0.4 is 5.32 Å². The van der Waals surface area contributed by atoms with E-state index in [9.17, 15) is 4.79 Å². The maximum atomic E-state index is 13.2. The normalized spacial score (nSPS) is 15.5. The van der Waals surface area contributed by atoms with Crippen LogP contribution in [-0.4, -0.2) is 27.1 Å². The van der Waals surface area contributed by atoms with Gasteiger partial charge in [0.25, 0.3) is 5.91 Å². The Bertz CT molecular complexity index is 1330. The summed E-state index contributed by atoms with van der Waals surface area (Å²) in [6, 6.07) is 20.1. The summed E-state index contributed by atoms with van der Waals surface area (Å²) in [6.45, 7) is 2.15. The number of nitrogens with zero attached hydrogens (tertiary/aromatic N) is 2. The van der Waals surface area contributed by atoms with Gasteiger partial charge in [0.15, 0.2) is 0 Å². The van der Waals surface area contributed by atoms with Crippen LogP contribution in [0, 0.1) is 5.92 Å². The highest BCUT2D eigenvalue weighted by Crippen LogP contribution is 2.33. The average Bonchev–Trinajstić information content (AvgIpc) is 3.31. The molecule has 1 aliphatic rings. The molecule has 0 spiro atoms. The molecule has 178 valence electrons. The highest BCUT2D eigenvalue weighted by Gasteiger charge is 2.23. The Morgan fingerprint density at radius 1 is 1.06 bits per heavy atom. The lowest BCUT2D eigenvalue weighted by atomic mass is 9.84. The number of amides is 1. The van der Waals surface area contributed by atoms with E-state index in [1.54, 1.807) is 18.0 Å². The molecule has 1 atom stereocenters. The molecule has 35 heavy (non-hydrogen) atoms. The Balaban J connectivity index is 1.31. The van der Waals surface area contributed by atoms with Crippen LogP contribution in [0.1, 0.15) is 60.8 Å². The highest BCUT2D eigenvalue weighted by atomic mass is 32.2. The summed E-state index contributed by atoms with van der Waals surface area (Å²) >= 11 is 1.60. The lowest BCUT2D eigenvalue weighted by Gasteiger charge is -2.28. The molecule has 0 aliphatic heterocycles. The second-order valence-electron chi connectivity index (χ2n) is 9.16. The molecule has 5 rings (SSSR count). The topological polar surface area (TPSA) is 70.7 Å². The van der Waals surface area contributed by atoms with E-state index in [2.05, 4.69) is 45.6 Å². The van der Waals surface area contributed by atoms with Crippen molar-refractivity contribution >= 4 is 40.7 Å². The van der Waals surface area contributed by atoms with Crippen molar-refractivity contribution in [2.75, 3.05) is 0 Å². The molecule has 0 saturated heterocycles. The van der Waals surface area contributed by atoms with Crippen LogP contribution in [0.4, 0.5) is 0 Å². The number of nitrogens with one attached hydrogen (secondary N) is 2. The predicted octanol–water partition coefficient (Wildman–Crippen LogP) is 6.98. The number of carbonyl (C=O) groups is 1. The van der Waals surface area contributed by atoms with E-state index in [-0.39, 0.29) is 11.9 Å². The summed E-state index contributed by atoms with van der Waals surface area (Å²) in [5, 5.41) is 11.9. The smallest absolute Gasteiger partial charge is 0.252 e. The average molecular weight is 483 g/mol. The summed E-state index contributed by atoms with van der Waals surface area (Å²) in [4.78, 5) is 19.5. The van der Waals surface area contributed by atoms with E-state index in [4.69, 9.17) is 0 Å². The quantitative estimate of drug-likeness (QED) is 0.298. The highest BCUT2D eigenvalue weighted by molar-refractivity contribution is 7.99. The van der Waals surface area contributed by atoms with Gasteiger partial charge in [0.1, 0.15) is 0 Å². The first-order valence-corrected chi connectivity index (χ1v) is 13.1. The Kier molecular flexibility index (Phi) is 7.28. The maximum absolute atomic E-state index is 13.2. The first kappa shape index (κ1) is 23.4. The Hall–Kier alpha value is -3.38. The third-order valence-corrected chi connectivity index (χ3v) is 7.80. The van der Waals surface area contributed by atoms with Crippen LogP contribution in [0.25, 0.3) is 23.1 Å². The summed E-state index contributed by atoms with van der Waals surface area (Å²) in [7, 11) is 0. The van der Waals surface area contributed by atoms with Crippen molar-refractivity contribution in [3.63, 3.8) is 0 Å². The fourth-order valence-corrected chi connectivity index (χ4v) is 5.74. The van der Waals surface area contributed by atoms with E-state index < -0.39 is 0 Å². The molecule has 0 unspecified atom stereocenters. The van der Waals surface area contributed by atoms with Crippen molar-refractivity contribution in [1.82, 2.24) is 20.5 Å². The number of pyridine rings is 1. The molecule has 2 N–H and O–H groups in total. The minimum absolute atomic E-state index is 0.00994. The van der Waals surface area contributed by atoms with Gasteiger partial charge in [-0.1, -0.05) is 49.2 Å². The van der Waals surface area contributed by atoms with Gasteiger partial charge in [0, 0.05) is 27.4 Å². The molecule has 2 aromatic carbocycles. The fraction of sp³-hybridized carbons (Fsp3) is 0.276. The monoisotopic (exact) mass is 482 g/mol. The van der Waals surface area contributed by atoms with Gasteiger partial charge in [-0.15, -0.1) is 0 Å². The van der Waals surface area contributed by atoms with Gasteiger partial charge >= 0.3 is 0 Å². The molecule has 0 bridgehead atoms. The minimum Gasteiger partial charge on any atom is -0.349 e. The first-order chi connectivity index (χ1) is 17.2. The van der Waals surface area contributed by atoms with Gasteiger partial charge in [-0.3, -0.25) is 14.9 Å². The van der Waals surface area contributed by atoms with E-state index in [0.29, 0.717) is 5.92 Å². The van der Waals surface area contributed by atoms with E-state index in [1.807, 2.05) is 54.6 Å². The number of H-pyrrole nitrogens is 1. The predicted molar refractivity (Wildman–Crippen MR) is 143 cm³/mol. The van der Waals surface area contributed by atoms with Crippen LogP contribution in [0.2, 0.25) is 0 Å². The van der Waals surface area contributed by atoms with E-state index in [0.717, 1.165) is 37.6 Å². The lowest BCUT2D eigenvalue weighted by Crippen LogP contribution is -2.39. The SMILES string of the molecule is C[C@@H](NC(=O)c1ccccc1Sc1ccc2c(/C=C/c3ccccn3)n[nH]c2c1)C1CCCCC1. The van der Waals surface area contributed by atoms with Gasteiger partial charge in [-0.05, 0) is 80.3 Å². The van der Waals surface area contributed by atoms with Crippen molar-refractivity contribution in [2.24, 2.45) is 5.92 Å². The third kappa shape index (κ3) is 5.65. The zero-order valence-electron chi connectivity index (χ0n) is 19.9. The molecule has 1 saturated carbocycles. The van der Waals surface area contributed by atoms with Crippen molar-refractivity contribution < 1.29 is 4.79 Å². The van der Waals surface area contributed by atoms with Gasteiger partial charge in [0.2, 0.25) is 0 Å². The van der Waals surface area contributed by atoms with Crippen LogP contribution in [-0.2, 0) is 0 Å². The zero-order chi connectivity index (χ0) is 24.0. The lowest BCUT2D eigenvalue weighted by molar-refractivity contribution is 0.0916. The van der Waals surface area contributed by atoms with Gasteiger partial charge in [-0.2, -0.15) is 5.10 Å². The summed E-state index contributed by atoms with van der Waals surface area (Å²) in [6.07, 6.45) is 12.0. The molecule has 1 aliphatic carbocycles. The number of benzene rings is 2. The van der Waals surface area contributed by atoms with E-state index in [1.165, 1.54) is 32.1 Å². The summed E-state index contributed by atoms with van der Waals surface area (Å²) in [5.74, 6) is 0.590. The molecule has 6 heteroatoms. The number of fused-ring (bicyclic) bond motifs is 1. The Morgan fingerprint density at radius 3 is 2.71 bits per heavy atom. The minimum atomic E-state index is 0.00994. The van der Waals surface area contributed by atoms with Crippen molar-refractivity contribution in [2.45, 2.75) is 54.9 Å². The zero-order valence-corrected chi connectivity index (χ0v) is 20.7. The number of rotatable bonds is 7. The van der Waals surface area contributed by atoms with Crippen LogP contribution >= 0.6 is 11.8 Å². The number of aromatic nitrogens is 3. The fourth-order valence-electron chi connectivity index (χ4n) is 4.76. The number of aromatic amines is 1. The Morgan fingerprint density at radius 2 is 1.89 bits per heavy atom. The third-order valence-electron chi connectivity index (χ3n) is 6.74. The number of carbonyl (C=O) groups excluding carboxylic acids is 1.